The Balaban J connectivity index is 2.86. The maximum atomic E-state index is 11.4. The molecule has 0 aromatic heterocycles. The Hall–Kier alpha value is -1.46. The molecule has 0 saturated carbocycles. The highest BCUT2D eigenvalue weighted by molar-refractivity contribution is 6.08. The quantitative estimate of drug-likeness (QED) is 0.503. The van der Waals surface area contributed by atoms with Crippen LogP contribution in [0.2, 0.25) is 0 Å². The van der Waals surface area contributed by atoms with Crippen molar-refractivity contribution in [2.45, 2.75) is 25.8 Å². The molecule has 1 heterocycles. The van der Waals surface area contributed by atoms with Crippen LogP contribution in [0.1, 0.15) is 20.3 Å². The van der Waals surface area contributed by atoms with Gasteiger partial charge in [-0.3, -0.25) is 4.79 Å². The molecule has 0 bridgehead atoms. The summed E-state index contributed by atoms with van der Waals surface area (Å²) >= 11 is 0. The molecule has 0 radical (unpaired) electrons. The average Bonchev–Trinajstić information content (AvgIpc) is 2.48. The summed E-state index contributed by atoms with van der Waals surface area (Å²) in [5.41, 5.74) is 0.671. The molecule has 1 amide bonds. The Morgan fingerprint density at radius 1 is 1.62 bits per heavy atom. The highest BCUT2D eigenvalue weighted by atomic mass is 16.5. The predicted octanol–water partition coefficient (Wildman–Crippen LogP) is 0.195. The molecule has 6 heteroatoms. The highest BCUT2D eigenvalue weighted by Gasteiger charge is 2.49. The Labute approximate surface area is 75.3 Å². The average molecular weight is 185 g/mol. The molecular formula is C7H11N3O3. The maximum Gasteiger partial charge on any atom is 0.346 e. The van der Waals surface area contributed by atoms with Gasteiger partial charge in [0, 0.05) is 0 Å². The summed E-state index contributed by atoms with van der Waals surface area (Å²) in [6.45, 7) is 3.58. The smallest absolute Gasteiger partial charge is 0.346 e. The number of nitrogens with zero attached hydrogens (tertiary/aromatic N) is 2. The van der Waals surface area contributed by atoms with Crippen LogP contribution in [0.25, 0.3) is 0 Å². The van der Waals surface area contributed by atoms with Crippen LogP contribution in [0.3, 0.4) is 0 Å². The molecule has 1 aliphatic heterocycles. The van der Waals surface area contributed by atoms with Crippen LogP contribution in [-0.4, -0.2) is 24.0 Å². The first kappa shape index (κ1) is 9.63. The predicted molar refractivity (Wildman–Crippen MR) is 42.7 cm³/mol. The van der Waals surface area contributed by atoms with Crippen molar-refractivity contribution in [3.05, 3.63) is 0 Å². The fraction of sp³-hybridized carbons (Fsp3) is 0.714. The van der Waals surface area contributed by atoms with Crippen LogP contribution >= 0.6 is 0 Å². The summed E-state index contributed by atoms with van der Waals surface area (Å²) in [5.74, 6) is -1.16. The van der Waals surface area contributed by atoms with E-state index < -0.39 is 17.4 Å². The van der Waals surface area contributed by atoms with Crippen molar-refractivity contribution in [2.24, 2.45) is 10.3 Å². The van der Waals surface area contributed by atoms with Gasteiger partial charge in [-0.1, -0.05) is 12.1 Å². The molecule has 0 aromatic carbocycles. The van der Waals surface area contributed by atoms with Gasteiger partial charge >= 0.3 is 5.97 Å². The summed E-state index contributed by atoms with van der Waals surface area (Å²) in [6, 6.07) is 0. The summed E-state index contributed by atoms with van der Waals surface area (Å²) in [7, 11) is 0. The molecule has 1 aliphatic rings. The molecule has 1 rings (SSSR count). The second kappa shape index (κ2) is 3.51. The van der Waals surface area contributed by atoms with E-state index in [1.807, 2.05) is 0 Å². The van der Waals surface area contributed by atoms with Crippen LogP contribution < -0.4 is 5.43 Å². The first-order chi connectivity index (χ1) is 6.17. The molecule has 13 heavy (non-hydrogen) atoms. The van der Waals surface area contributed by atoms with Crippen molar-refractivity contribution in [3.8, 4) is 0 Å². The topological polar surface area (TPSA) is 80.1 Å². The van der Waals surface area contributed by atoms with Crippen LogP contribution in [0.15, 0.2) is 10.3 Å². The molecular weight excluding hydrogens is 174 g/mol. The summed E-state index contributed by atoms with van der Waals surface area (Å²) in [4.78, 5) is 22.6. The third-order valence-electron chi connectivity index (χ3n) is 1.87. The van der Waals surface area contributed by atoms with Crippen LogP contribution in [0.4, 0.5) is 0 Å². The lowest BCUT2D eigenvalue weighted by atomic mass is 9.97. The molecule has 0 spiro atoms. The van der Waals surface area contributed by atoms with Gasteiger partial charge in [0.05, 0.1) is 6.61 Å². The monoisotopic (exact) mass is 185 g/mol. The minimum atomic E-state index is -1.45. The second-order valence-corrected chi connectivity index (χ2v) is 2.58. The van der Waals surface area contributed by atoms with Gasteiger partial charge < -0.3 is 4.74 Å². The van der Waals surface area contributed by atoms with E-state index in [9.17, 15) is 9.59 Å². The van der Waals surface area contributed by atoms with Crippen molar-refractivity contribution < 1.29 is 14.3 Å². The van der Waals surface area contributed by atoms with Crippen molar-refractivity contribution in [1.82, 2.24) is 5.43 Å². The van der Waals surface area contributed by atoms with Gasteiger partial charge in [0.15, 0.2) is 0 Å². The summed E-state index contributed by atoms with van der Waals surface area (Å²) in [6.07, 6.45) is 0.251. The van der Waals surface area contributed by atoms with E-state index in [0.717, 1.165) is 0 Å². The van der Waals surface area contributed by atoms with Crippen LogP contribution in [0.5, 0.6) is 0 Å². The number of esters is 1. The summed E-state index contributed by atoms with van der Waals surface area (Å²) < 4.78 is 4.74. The van der Waals surface area contributed by atoms with Gasteiger partial charge in [-0.2, -0.15) is 0 Å². The van der Waals surface area contributed by atoms with E-state index in [0.29, 0.717) is 0 Å². The lowest BCUT2D eigenvalue weighted by molar-refractivity contribution is -0.153. The first-order valence-electron chi connectivity index (χ1n) is 4.07. The number of nitrogens with one attached hydrogen (secondary N) is 1. The molecule has 0 fully saturated rings. The molecule has 0 aromatic rings. The Morgan fingerprint density at radius 3 is 2.69 bits per heavy atom. The number of ether oxygens (including phenoxy) is 1. The second-order valence-electron chi connectivity index (χ2n) is 2.58. The zero-order valence-electron chi connectivity index (χ0n) is 7.53. The molecule has 0 aliphatic carbocycles. The molecule has 1 atom stereocenters. The first-order valence-corrected chi connectivity index (χ1v) is 4.07. The van der Waals surface area contributed by atoms with Crippen molar-refractivity contribution >= 4 is 11.9 Å². The zero-order chi connectivity index (χ0) is 9.90. The van der Waals surface area contributed by atoms with Crippen molar-refractivity contribution in [2.75, 3.05) is 6.61 Å². The van der Waals surface area contributed by atoms with Gasteiger partial charge in [0.25, 0.3) is 11.4 Å². The fourth-order valence-electron chi connectivity index (χ4n) is 1.05. The van der Waals surface area contributed by atoms with E-state index in [1.165, 1.54) is 0 Å². The zero-order valence-corrected chi connectivity index (χ0v) is 7.53. The Morgan fingerprint density at radius 2 is 2.31 bits per heavy atom. The third kappa shape index (κ3) is 1.39. The Bertz CT molecular complexity index is 264. The van der Waals surface area contributed by atoms with E-state index in [4.69, 9.17) is 4.74 Å². The lowest BCUT2D eigenvalue weighted by Gasteiger charge is -2.16. The highest BCUT2D eigenvalue weighted by Crippen LogP contribution is 2.22. The largest absolute Gasteiger partial charge is 0.464 e. The minimum absolute atomic E-state index is 0.226. The van der Waals surface area contributed by atoms with E-state index >= 15 is 0 Å². The van der Waals surface area contributed by atoms with Gasteiger partial charge in [-0.25, -0.2) is 10.2 Å². The van der Waals surface area contributed by atoms with Gasteiger partial charge in [-0.15, -0.1) is 5.11 Å². The number of hydrogen-bond acceptors (Lipinski definition) is 5. The van der Waals surface area contributed by atoms with Gasteiger partial charge in [0.2, 0.25) is 0 Å². The van der Waals surface area contributed by atoms with Crippen LogP contribution in [0, 0.1) is 0 Å². The minimum Gasteiger partial charge on any atom is -0.464 e. The van der Waals surface area contributed by atoms with Crippen molar-refractivity contribution in [1.29, 1.82) is 0 Å². The number of carbonyl (C=O) groups is 2. The summed E-state index contributed by atoms with van der Waals surface area (Å²) in [5, 5.41) is 6.89. The van der Waals surface area contributed by atoms with Gasteiger partial charge in [-0.05, 0) is 13.3 Å². The number of amides is 1. The number of hydrogen-bond donors (Lipinski definition) is 1. The molecule has 1 unspecified atom stereocenters. The maximum absolute atomic E-state index is 11.4. The fourth-order valence-corrected chi connectivity index (χ4v) is 1.05. The molecule has 6 nitrogen and oxygen atoms in total. The SMILES string of the molecule is CCOC(=O)C1(CC)N=NNC1=O. The normalized spacial score (nSPS) is 25.8. The molecule has 0 saturated heterocycles. The van der Waals surface area contributed by atoms with E-state index in [1.54, 1.807) is 13.8 Å². The van der Waals surface area contributed by atoms with E-state index in [2.05, 4.69) is 15.8 Å². The van der Waals surface area contributed by atoms with Crippen LogP contribution in [-0.2, 0) is 14.3 Å². The van der Waals surface area contributed by atoms with Gasteiger partial charge in [0.1, 0.15) is 0 Å². The lowest BCUT2D eigenvalue weighted by Crippen LogP contribution is -2.46. The molecule has 1 N–H and O–H groups in total. The number of rotatable bonds is 3. The Kier molecular flexibility index (Phi) is 2.60. The number of carbonyl (C=O) groups excluding carboxylic acids is 2. The third-order valence-corrected chi connectivity index (χ3v) is 1.87. The van der Waals surface area contributed by atoms with E-state index in [-0.39, 0.29) is 13.0 Å². The molecule has 72 valence electrons. The standard InChI is InChI=1S/C7H11N3O3/c1-3-7(6(12)13-4-2)5(11)8-10-9-7/h3-4H2,1-2H3,(H,8,9,11). The van der Waals surface area contributed by atoms with Crippen molar-refractivity contribution in [3.63, 3.8) is 0 Å².